The van der Waals surface area contributed by atoms with Crippen LogP contribution < -0.4 is 4.74 Å². The highest BCUT2D eigenvalue weighted by Gasteiger charge is 2.17. The molecule has 1 aromatic carbocycles. The lowest BCUT2D eigenvalue weighted by Crippen LogP contribution is -2.00. The molecule has 100 valence electrons. The van der Waals surface area contributed by atoms with Crippen molar-refractivity contribution in [1.82, 2.24) is 9.78 Å². The second-order valence-electron chi connectivity index (χ2n) is 4.90. The van der Waals surface area contributed by atoms with Gasteiger partial charge in [0.1, 0.15) is 11.9 Å². The standard InChI is InChI=1S/C15H18N2O2/c1-2-6-17-10-13(9-16-17)15(18)12-3-4-14-11(8-12)5-7-19-14/h3-4,8-10,15,18H,2,5-7H2,1H3. The molecule has 1 unspecified atom stereocenters. The van der Waals surface area contributed by atoms with Crippen molar-refractivity contribution in [3.05, 3.63) is 47.3 Å². The van der Waals surface area contributed by atoms with E-state index in [9.17, 15) is 5.11 Å². The number of fused-ring (bicyclic) bond motifs is 1. The molecule has 0 amide bonds. The molecule has 0 radical (unpaired) electrons. The zero-order chi connectivity index (χ0) is 13.2. The van der Waals surface area contributed by atoms with E-state index in [0.29, 0.717) is 0 Å². The summed E-state index contributed by atoms with van der Waals surface area (Å²) in [7, 11) is 0. The summed E-state index contributed by atoms with van der Waals surface area (Å²) in [5.41, 5.74) is 2.92. The lowest BCUT2D eigenvalue weighted by molar-refractivity contribution is 0.220. The molecule has 2 aromatic rings. The van der Waals surface area contributed by atoms with E-state index in [-0.39, 0.29) is 0 Å². The molecule has 0 bridgehead atoms. The van der Waals surface area contributed by atoms with Crippen LogP contribution >= 0.6 is 0 Å². The van der Waals surface area contributed by atoms with Gasteiger partial charge in [-0.05, 0) is 29.7 Å². The molecule has 1 aliphatic rings. The monoisotopic (exact) mass is 258 g/mol. The minimum absolute atomic E-state index is 0.614. The van der Waals surface area contributed by atoms with E-state index in [2.05, 4.69) is 12.0 Å². The molecule has 1 aromatic heterocycles. The van der Waals surface area contributed by atoms with Crippen LogP contribution in [0, 0.1) is 0 Å². The van der Waals surface area contributed by atoms with Gasteiger partial charge >= 0.3 is 0 Å². The maximum absolute atomic E-state index is 10.4. The summed E-state index contributed by atoms with van der Waals surface area (Å²) >= 11 is 0. The number of hydrogen-bond acceptors (Lipinski definition) is 3. The van der Waals surface area contributed by atoms with Gasteiger partial charge < -0.3 is 9.84 Å². The Balaban J connectivity index is 1.84. The summed E-state index contributed by atoms with van der Waals surface area (Å²) in [5.74, 6) is 0.942. The fourth-order valence-corrected chi connectivity index (χ4v) is 2.44. The Morgan fingerprint density at radius 3 is 3.16 bits per heavy atom. The van der Waals surface area contributed by atoms with Crippen LogP contribution in [0.4, 0.5) is 0 Å². The van der Waals surface area contributed by atoms with Crippen LogP contribution in [-0.2, 0) is 13.0 Å². The van der Waals surface area contributed by atoms with Crippen LogP contribution in [0.3, 0.4) is 0 Å². The fraction of sp³-hybridized carbons (Fsp3) is 0.400. The van der Waals surface area contributed by atoms with Crippen molar-refractivity contribution in [2.75, 3.05) is 6.61 Å². The first-order chi connectivity index (χ1) is 9.28. The third-order valence-electron chi connectivity index (χ3n) is 3.45. The number of aromatic nitrogens is 2. The highest BCUT2D eigenvalue weighted by atomic mass is 16.5. The number of aryl methyl sites for hydroxylation is 1. The molecule has 0 saturated carbocycles. The number of aliphatic hydroxyl groups is 1. The van der Waals surface area contributed by atoms with Gasteiger partial charge in [0.25, 0.3) is 0 Å². The van der Waals surface area contributed by atoms with Gasteiger partial charge in [0.15, 0.2) is 0 Å². The predicted molar refractivity (Wildman–Crippen MR) is 72.2 cm³/mol. The second-order valence-corrected chi connectivity index (χ2v) is 4.90. The number of ether oxygens (including phenoxy) is 1. The van der Waals surface area contributed by atoms with Crippen LogP contribution in [-0.4, -0.2) is 21.5 Å². The highest BCUT2D eigenvalue weighted by molar-refractivity contribution is 5.42. The Bertz CT molecular complexity index is 577. The third kappa shape index (κ3) is 2.36. The van der Waals surface area contributed by atoms with Crippen molar-refractivity contribution in [2.24, 2.45) is 0 Å². The molecule has 4 heteroatoms. The van der Waals surface area contributed by atoms with E-state index >= 15 is 0 Å². The number of aliphatic hydroxyl groups excluding tert-OH is 1. The zero-order valence-corrected chi connectivity index (χ0v) is 11.0. The number of benzene rings is 1. The summed E-state index contributed by atoms with van der Waals surface area (Å²) in [6, 6.07) is 5.90. The Kier molecular flexibility index (Phi) is 3.25. The predicted octanol–water partition coefficient (Wildman–Crippen LogP) is 2.31. The fourth-order valence-electron chi connectivity index (χ4n) is 2.44. The normalized spacial score (nSPS) is 15.1. The van der Waals surface area contributed by atoms with Crippen molar-refractivity contribution in [2.45, 2.75) is 32.4 Å². The Morgan fingerprint density at radius 2 is 2.32 bits per heavy atom. The summed E-state index contributed by atoms with van der Waals surface area (Å²) in [6.07, 6.45) is 5.00. The Hall–Kier alpha value is -1.81. The Morgan fingerprint density at radius 1 is 1.42 bits per heavy atom. The second kappa shape index (κ2) is 5.05. The number of nitrogens with zero attached hydrogens (tertiary/aromatic N) is 2. The van der Waals surface area contributed by atoms with E-state index in [0.717, 1.165) is 42.9 Å². The molecular weight excluding hydrogens is 240 g/mol. The van der Waals surface area contributed by atoms with Gasteiger partial charge in [-0.1, -0.05) is 13.0 Å². The molecular formula is C15H18N2O2. The van der Waals surface area contributed by atoms with Crippen molar-refractivity contribution < 1.29 is 9.84 Å². The lowest BCUT2D eigenvalue weighted by Gasteiger charge is -2.10. The molecule has 2 heterocycles. The van der Waals surface area contributed by atoms with Crippen LogP contribution in [0.15, 0.2) is 30.6 Å². The van der Waals surface area contributed by atoms with E-state index in [4.69, 9.17) is 4.74 Å². The smallest absolute Gasteiger partial charge is 0.122 e. The first-order valence-corrected chi connectivity index (χ1v) is 6.74. The summed E-state index contributed by atoms with van der Waals surface area (Å²) in [4.78, 5) is 0. The summed E-state index contributed by atoms with van der Waals surface area (Å²) in [5, 5.41) is 14.7. The van der Waals surface area contributed by atoms with Gasteiger partial charge in [0.2, 0.25) is 0 Å². The average molecular weight is 258 g/mol. The van der Waals surface area contributed by atoms with Crippen molar-refractivity contribution in [3.8, 4) is 5.75 Å². The molecule has 3 rings (SSSR count). The third-order valence-corrected chi connectivity index (χ3v) is 3.45. The topological polar surface area (TPSA) is 47.3 Å². The van der Waals surface area contributed by atoms with Gasteiger partial charge in [-0.3, -0.25) is 4.68 Å². The molecule has 1 N–H and O–H groups in total. The maximum Gasteiger partial charge on any atom is 0.122 e. The first kappa shape index (κ1) is 12.2. The molecule has 1 atom stereocenters. The van der Waals surface area contributed by atoms with Crippen molar-refractivity contribution >= 4 is 0 Å². The molecule has 1 aliphatic heterocycles. The molecule has 0 spiro atoms. The highest BCUT2D eigenvalue weighted by Crippen LogP contribution is 2.30. The molecule has 0 aliphatic carbocycles. The van der Waals surface area contributed by atoms with Crippen LogP contribution in [0.1, 0.15) is 36.1 Å². The van der Waals surface area contributed by atoms with E-state index < -0.39 is 6.10 Å². The van der Waals surface area contributed by atoms with Gasteiger partial charge in [-0.25, -0.2) is 0 Å². The molecule has 0 saturated heterocycles. The van der Waals surface area contributed by atoms with Crippen molar-refractivity contribution in [1.29, 1.82) is 0 Å². The maximum atomic E-state index is 10.4. The van der Waals surface area contributed by atoms with E-state index in [1.165, 1.54) is 5.56 Å². The quantitative estimate of drug-likeness (QED) is 0.915. The SMILES string of the molecule is CCCn1cc(C(O)c2ccc3c(c2)CCO3)cn1. The van der Waals surface area contributed by atoms with Gasteiger partial charge in [0, 0.05) is 24.7 Å². The zero-order valence-electron chi connectivity index (χ0n) is 11.0. The average Bonchev–Trinajstić information content (AvgIpc) is 3.05. The first-order valence-electron chi connectivity index (χ1n) is 6.74. The van der Waals surface area contributed by atoms with Crippen LogP contribution in [0.2, 0.25) is 0 Å². The van der Waals surface area contributed by atoms with Gasteiger partial charge in [-0.15, -0.1) is 0 Å². The van der Waals surface area contributed by atoms with Crippen LogP contribution in [0.5, 0.6) is 5.75 Å². The minimum Gasteiger partial charge on any atom is -0.493 e. The number of hydrogen-bond donors (Lipinski definition) is 1. The summed E-state index contributed by atoms with van der Waals surface area (Å²) < 4.78 is 7.35. The van der Waals surface area contributed by atoms with Crippen molar-refractivity contribution in [3.63, 3.8) is 0 Å². The van der Waals surface area contributed by atoms with E-state index in [1.807, 2.05) is 29.1 Å². The molecule has 0 fully saturated rings. The summed E-state index contributed by atoms with van der Waals surface area (Å²) in [6.45, 7) is 3.73. The molecule has 4 nitrogen and oxygen atoms in total. The Labute approximate surface area is 112 Å². The largest absolute Gasteiger partial charge is 0.493 e. The minimum atomic E-state index is -0.614. The van der Waals surface area contributed by atoms with E-state index in [1.54, 1.807) is 6.20 Å². The molecule has 19 heavy (non-hydrogen) atoms. The van der Waals surface area contributed by atoms with Gasteiger partial charge in [0.05, 0.1) is 12.8 Å². The number of rotatable bonds is 4. The van der Waals surface area contributed by atoms with Gasteiger partial charge in [-0.2, -0.15) is 5.10 Å². The lowest BCUT2D eigenvalue weighted by atomic mass is 10.0. The van der Waals surface area contributed by atoms with Crippen LogP contribution in [0.25, 0.3) is 0 Å².